The highest BCUT2D eigenvalue weighted by Gasteiger charge is 2.08. The van der Waals surface area contributed by atoms with Gasteiger partial charge in [-0.2, -0.15) is 0 Å². The number of benzene rings is 2. The summed E-state index contributed by atoms with van der Waals surface area (Å²) in [5.74, 6) is -0.172. The Balaban J connectivity index is 1.48. The first-order chi connectivity index (χ1) is 13.6. The molecule has 0 atom stereocenters. The van der Waals surface area contributed by atoms with E-state index in [1.54, 1.807) is 24.3 Å². The fraction of sp³-hybridized carbons (Fsp3) is 0.190. The van der Waals surface area contributed by atoms with Gasteiger partial charge >= 0.3 is 0 Å². The van der Waals surface area contributed by atoms with Gasteiger partial charge in [0.15, 0.2) is 0 Å². The fourth-order valence-corrected chi connectivity index (χ4v) is 2.77. The first-order valence-electron chi connectivity index (χ1n) is 8.95. The van der Waals surface area contributed by atoms with E-state index in [2.05, 4.69) is 20.6 Å². The monoisotopic (exact) mass is 398 g/mol. The molecule has 0 saturated carbocycles. The lowest BCUT2D eigenvalue weighted by Crippen LogP contribution is -2.27. The van der Waals surface area contributed by atoms with Gasteiger partial charge in [0, 0.05) is 24.3 Å². The van der Waals surface area contributed by atoms with E-state index in [1.807, 2.05) is 24.3 Å². The van der Waals surface area contributed by atoms with E-state index in [0.29, 0.717) is 42.5 Å². The number of carbonyl (C=O) groups is 1. The van der Waals surface area contributed by atoms with Gasteiger partial charge in [0.25, 0.3) is 5.91 Å². The van der Waals surface area contributed by atoms with E-state index in [0.717, 1.165) is 5.56 Å². The van der Waals surface area contributed by atoms with Crippen LogP contribution in [0.25, 0.3) is 0 Å². The van der Waals surface area contributed by atoms with E-state index >= 15 is 0 Å². The average molecular weight is 399 g/mol. The number of aromatic nitrogens is 2. The van der Waals surface area contributed by atoms with E-state index in [-0.39, 0.29) is 17.4 Å². The fourth-order valence-electron chi connectivity index (χ4n) is 2.64. The lowest BCUT2D eigenvalue weighted by atomic mass is 10.1. The summed E-state index contributed by atoms with van der Waals surface area (Å²) >= 11 is 5.86. The zero-order chi connectivity index (χ0) is 19.8. The van der Waals surface area contributed by atoms with Crippen molar-refractivity contribution in [1.29, 1.82) is 0 Å². The highest BCUT2D eigenvalue weighted by Crippen LogP contribution is 2.10. The van der Waals surface area contributed by atoms with Crippen LogP contribution in [-0.4, -0.2) is 29.0 Å². The van der Waals surface area contributed by atoms with Crippen LogP contribution < -0.4 is 10.6 Å². The summed E-state index contributed by atoms with van der Waals surface area (Å²) < 4.78 is 13.6. The number of hydrogen-bond acceptors (Lipinski definition) is 4. The van der Waals surface area contributed by atoms with Gasteiger partial charge in [0.05, 0.1) is 0 Å². The third-order valence-corrected chi connectivity index (χ3v) is 4.39. The van der Waals surface area contributed by atoms with Crippen molar-refractivity contribution in [2.24, 2.45) is 0 Å². The maximum absolute atomic E-state index is 13.6. The lowest BCUT2D eigenvalue weighted by Gasteiger charge is -2.08. The molecule has 0 fully saturated rings. The minimum Gasteiger partial charge on any atom is -0.354 e. The third-order valence-electron chi connectivity index (χ3n) is 4.14. The van der Waals surface area contributed by atoms with Crippen LogP contribution >= 0.6 is 11.6 Å². The zero-order valence-corrected chi connectivity index (χ0v) is 15.9. The molecule has 2 N–H and O–H groups in total. The average Bonchev–Trinajstić information content (AvgIpc) is 2.71. The van der Waals surface area contributed by atoms with E-state index in [9.17, 15) is 9.18 Å². The molecular formula is C21H20ClFN4O. The van der Waals surface area contributed by atoms with Crippen molar-refractivity contribution in [3.05, 3.63) is 88.5 Å². The molecule has 0 aliphatic heterocycles. The summed E-state index contributed by atoms with van der Waals surface area (Å²) in [6.07, 6.45) is 2.71. The maximum Gasteiger partial charge on any atom is 0.270 e. The largest absolute Gasteiger partial charge is 0.354 e. The molecule has 3 aromatic rings. The van der Waals surface area contributed by atoms with Crippen molar-refractivity contribution in [2.45, 2.75) is 12.8 Å². The maximum atomic E-state index is 13.6. The van der Waals surface area contributed by atoms with Crippen LogP contribution in [0.1, 0.15) is 21.6 Å². The Morgan fingerprint density at radius 1 is 1.00 bits per heavy atom. The Hall–Kier alpha value is -2.99. The van der Waals surface area contributed by atoms with Gasteiger partial charge in [0.1, 0.15) is 11.5 Å². The topological polar surface area (TPSA) is 66.9 Å². The molecule has 7 heteroatoms. The standard InChI is InChI=1S/C21H20ClFN4O/c22-17-7-5-15(6-8-17)9-12-24-20(28)19-11-14-26-21(27-19)25-13-10-16-3-1-2-4-18(16)23/h1-8,11,14H,9-10,12-13H2,(H,24,28)(H,25,26,27). The highest BCUT2D eigenvalue weighted by atomic mass is 35.5. The molecule has 144 valence electrons. The number of amides is 1. The van der Waals surface area contributed by atoms with Crippen molar-refractivity contribution >= 4 is 23.5 Å². The summed E-state index contributed by atoms with van der Waals surface area (Å²) in [7, 11) is 0. The summed E-state index contributed by atoms with van der Waals surface area (Å²) in [4.78, 5) is 20.6. The molecule has 0 unspecified atom stereocenters. The number of nitrogens with one attached hydrogen (secondary N) is 2. The SMILES string of the molecule is O=C(NCCc1ccc(Cl)cc1)c1ccnc(NCCc2ccccc2F)n1. The predicted octanol–water partition coefficient (Wildman–Crippen LogP) is 3.90. The number of rotatable bonds is 8. The number of hydrogen-bond donors (Lipinski definition) is 2. The van der Waals surface area contributed by atoms with E-state index in [1.165, 1.54) is 12.3 Å². The third kappa shape index (κ3) is 5.76. The normalized spacial score (nSPS) is 10.5. The Kier molecular flexibility index (Phi) is 6.92. The first kappa shape index (κ1) is 19.8. The van der Waals surface area contributed by atoms with Gasteiger partial charge in [-0.15, -0.1) is 0 Å². The Morgan fingerprint density at radius 2 is 1.79 bits per heavy atom. The molecule has 0 bridgehead atoms. The Bertz CT molecular complexity index is 934. The molecule has 2 aromatic carbocycles. The Labute approximate surface area is 168 Å². The molecule has 0 spiro atoms. The second kappa shape index (κ2) is 9.80. The number of carbonyl (C=O) groups excluding carboxylic acids is 1. The van der Waals surface area contributed by atoms with E-state index in [4.69, 9.17) is 11.6 Å². The van der Waals surface area contributed by atoms with Gasteiger partial charge in [-0.05, 0) is 48.2 Å². The van der Waals surface area contributed by atoms with Gasteiger partial charge < -0.3 is 10.6 Å². The molecule has 0 aliphatic carbocycles. The molecular weight excluding hydrogens is 379 g/mol. The van der Waals surface area contributed by atoms with Crippen LogP contribution in [0.2, 0.25) is 5.02 Å². The van der Waals surface area contributed by atoms with Crippen LogP contribution in [0.5, 0.6) is 0 Å². The number of nitrogens with zero attached hydrogens (tertiary/aromatic N) is 2. The van der Waals surface area contributed by atoms with Crippen LogP contribution in [0.3, 0.4) is 0 Å². The molecule has 1 aromatic heterocycles. The second-order valence-electron chi connectivity index (χ2n) is 6.17. The molecule has 0 radical (unpaired) electrons. The van der Waals surface area contributed by atoms with Crippen LogP contribution in [0.4, 0.5) is 10.3 Å². The summed E-state index contributed by atoms with van der Waals surface area (Å²) in [5, 5.41) is 6.54. The van der Waals surface area contributed by atoms with Gasteiger partial charge in [0.2, 0.25) is 5.95 Å². The molecule has 3 rings (SSSR count). The summed E-state index contributed by atoms with van der Waals surface area (Å²) in [6, 6.07) is 15.7. The van der Waals surface area contributed by atoms with E-state index < -0.39 is 0 Å². The molecule has 5 nitrogen and oxygen atoms in total. The van der Waals surface area contributed by atoms with Crippen molar-refractivity contribution < 1.29 is 9.18 Å². The zero-order valence-electron chi connectivity index (χ0n) is 15.2. The van der Waals surface area contributed by atoms with Gasteiger partial charge in [-0.3, -0.25) is 4.79 Å². The predicted molar refractivity (Wildman–Crippen MR) is 108 cm³/mol. The highest BCUT2D eigenvalue weighted by molar-refractivity contribution is 6.30. The molecule has 0 saturated heterocycles. The second-order valence-corrected chi connectivity index (χ2v) is 6.60. The number of anilines is 1. The van der Waals surface area contributed by atoms with Gasteiger partial charge in [-0.1, -0.05) is 41.9 Å². The molecule has 28 heavy (non-hydrogen) atoms. The smallest absolute Gasteiger partial charge is 0.270 e. The van der Waals surface area contributed by atoms with Crippen LogP contribution in [-0.2, 0) is 12.8 Å². The molecule has 1 heterocycles. The van der Waals surface area contributed by atoms with Crippen molar-refractivity contribution in [2.75, 3.05) is 18.4 Å². The van der Waals surface area contributed by atoms with Crippen molar-refractivity contribution in [3.8, 4) is 0 Å². The first-order valence-corrected chi connectivity index (χ1v) is 9.32. The molecule has 1 amide bonds. The van der Waals surface area contributed by atoms with Crippen molar-refractivity contribution in [3.63, 3.8) is 0 Å². The van der Waals surface area contributed by atoms with Crippen LogP contribution in [0.15, 0.2) is 60.8 Å². The summed E-state index contributed by atoms with van der Waals surface area (Å²) in [5.41, 5.74) is 1.98. The minimum atomic E-state index is -0.270. The summed E-state index contributed by atoms with van der Waals surface area (Å²) in [6.45, 7) is 0.948. The van der Waals surface area contributed by atoms with Gasteiger partial charge in [-0.25, -0.2) is 14.4 Å². The van der Waals surface area contributed by atoms with Crippen LogP contribution in [0, 0.1) is 5.82 Å². The van der Waals surface area contributed by atoms with Crippen molar-refractivity contribution in [1.82, 2.24) is 15.3 Å². The lowest BCUT2D eigenvalue weighted by molar-refractivity contribution is 0.0949. The quantitative estimate of drug-likeness (QED) is 0.604. The minimum absolute atomic E-state index is 0.237. The molecule has 0 aliphatic rings. The Morgan fingerprint density at radius 3 is 2.57 bits per heavy atom. The number of halogens is 2.